The number of aromatic nitrogens is 1. The number of hydrogen-bond acceptors (Lipinski definition) is 4. The van der Waals surface area contributed by atoms with E-state index in [0.29, 0.717) is 11.1 Å². The highest BCUT2D eigenvalue weighted by molar-refractivity contribution is 6.39. The lowest BCUT2D eigenvalue weighted by atomic mass is 9.88. The molecule has 1 aromatic carbocycles. The Hall–Kier alpha value is -3.10. The third-order valence-corrected chi connectivity index (χ3v) is 5.06. The Morgan fingerprint density at radius 2 is 1.90 bits per heavy atom. The van der Waals surface area contributed by atoms with E-state index in [9.17, 15) is 22.8 Å². The predicted molar refractivity (Wildman–Crippen MR) is 102 cm³/mol. The molecule has 3 rings (SSSR count). The largest absolute Gasteiger partial charge is 0.393 e. The Labute approximate surface area is 165 Å². The number of anilines is 2. The topological polar surface area (TPSA) is 88.3 Å². The van der Waals surface area contributed by atoms with Crippen molar-refractivity contribution in [2.45, 2.75) is 32.0 Å². The van der Waals surface area contributed by atoms with E-state index < -0.39 is 36.5 Å². The van der Waals surface area contributed by atoms with Crippen molar-refractivity contribution in [1.29, 1.82) is 0 Å². The number of carbonyl (C=O) groups excluding carboxylic acids is 2. The number of nitrogens with one attached hydrogen (secondary N) is 1. The molecule has 2 atom stereocenters. The van der Waals surface area contributed by atoms with Crippen molar-refractivity contribution in [3.05, 3.63) is 53.7 Å². The molecule has 0 saturated carbocycles. The summed E-state index contributed by atoms with van der Waals surface area (Å²) >= 11 is 0. The number of pyridine rings is 1. The van der Waals surface area contributed by atoms with Crippen molar-refractivity contribution in [3.63, 3.8) is 0 Å². The monoisotopic (exact) mass is 406 g/mol. The number of likely N-dealkylation sites (tertiary alicyclic amines) is 1. The van der Waals surface area contributed by atoms with E-state index in [2.05, 4.69) is 10.3 Å². The van der Waals surface area contributed by atoms with E-state index in [1.54, 1.807) is 37.3 Å². The molecule has 2 amide bonds. The molecule has 1 saturated heterocycles. The second kappa shape index (κ2) is 8.10. The molecule has 0 bridgehead atoms. The highest BCUT2D eigenvalue weighted by atomic mass is 19.4. The molecule has 154 valence electrons. The molecule has 2 aromatic rings. The van der Waals surface area contributed by atoms with Crippen LogP contribution in [0.15, 0.2) is 42.6 Å². The molecule has 1 aromatic heterocycles. The number of hydrogen-bond donors (Lipinski definition) is 2. The van der Waals surface area contributed by atoms with Crippen molar-refractivity contribution in [3.8, 4) is 0 Å². The molecular weight excluding hydrogens is 385 g/mol. The van der Waals surface area contributed by atoms with Gasteiger partial charge in [0.25, 0.3) is 0 Å². The Morgan fingerprint density at radius 3 is 2.52 bits per heavy atom. The fourth-order valence-corrected chi connectivity index (χ4v) is 3.45. The Kier molecular flexibility index (Phi) is 5.76. The third kappa shape index (κ3) is 4.67. The number of piperidine rings is 1. The minimum Gasteiger partial charge on any atom is -0.383 e. The standard InChI is InChI=1S/C20H21F3N4O2/c1-12-9-15(10-25-17(12)24)26-18(28)19(29)27-11-14(20(21,22)23)7-8-16(27)13-5-3-2-4-6-13/h2-6,9-10,14,16H,7-8,11H2,1H3,(H2,24,25)(H,26,28)/t14-,16+/m1/s1. The lowest BCUT2D eigenvalue weighted by molar-refractivity contribution is -0.192. The highest BCUT2D eigenvalue weighted by Crippen LogP contribution is 2.40. The second-order valence-corrected chi connectivity index (χ2v) is 7.08. The van der Waals surface area contributed by atoms with Crippen LogP contribution in [-0.4, -0.2) is 34.4 Å². The quantitative estimate of drug-likeness (QED) is 0.748. The van der Waals surface area contributed by atoms with Gasteiger partial charge in [-0.25, -0.2) is 4.98 Å². The minimum absolute atomic E-state index is 0.102. The smallest absolute Gasteiger partial charge is 0.383 e. The van der Waals surface area contributed by atoms with Gasteiger partial charge in [-0.1, -0.05) is 30.3 Å². The zero-order chi connectivity index (χ0) is 21.2. The van der Waals surface area contributed by atoms with Gasteiger partial charge in [0.1, 0.15) is 5.82 Å². The van der Waals surface area contributed by atoms with E-state index >= 15 is 0 Å². The third-order valence-electron chi connectivity index (χ3n) is 5.06. The lowest BCUT2D eigenvalue weighted by Crippen LogP contribution is -2.49. The van der Waals surface area contributed by atoms with Gasteiger partial charge in [-0.05, 0) is 37.0 Å². The number of amides is 2. The summed E-state index contributed by atoms with van der Waals surface area (Å²) in [7, 11) is 0. The van der Waals surface area contributed by atoms with Crippen LogP contribution in [0.1, 0.15) is 30.0 Å². The number of nitrogens with zero attached hydrogens (tertiary/aromatic N) is 2. The van der Waals surface area contributed by atoms with Gasteiger partial charge in [0.15, 0.2) is 0 Å². The van der Waals surface area contributed by atoms with Crippen LogP contribution in [0.25, 0.3) is 0 Å². The van der Waals surface area contributed by atoms with Crippen LogP contribution in [0.4, 0.5) is 24.7 Å². The van der Waals surface area contributed by atoms with E-state index in [-0.39, 0.29) is 24.3 Å². The maximum absolute atomic E-state index is 13.3. The van der Waals surface area contributed by atoms with Crippen LogP contribution in [0.5, 0.6) is 0 Å². The van der Waals surface area contributed by atoms with Crippen molar-refractivity contribution in [2.24, 2.45) is 5.92 Å². The number of benzene rings is 1. The predicted octanol–water partition coefficient (Wildman–Crippen LogP) is 3.45. The van der Waals surface area contributed by atoms with Crippen LogP contribution >= 0.6 is 0 Å². The van der Waals surface area contributed by atoms with Gasteiger partial charge in [-0.2, -0.15) is 13.2 Å². The summed E-state index contributed by atoms with van der Waals surface area (Å²) in [6, 6.07) is 9.69. The summed E-state index contributed by atoms with van der Waals surface area (Å²) in [6.45, 7) is 1.12. The van der Waals surface area contributed by atoms with Crippen molar-refractivity contribution >= 4 is 23.3 Å². The highest BCUT2D eigenvalue weighted by Gasteiger charge is 2.46. The minimum atomic E-state index is -4.44. The van der Waals surface area contributed by atoms with Crippen molar-refractivity contribution in [1.82, 2.24) is 9.88 Å². The van der Waals surface area contributed by atoms with Crippen molar-refractivity contribution < 1.29 is 22.8 Å². The first-order chi connectivity index (χ1) is 13.7. The molecule has 1 aliphatic rings. The summed E-state index contributed by atoms with van der Waals surface area (Å²) < 4.78 is 39.8. The van der Waals surface area contributed by atoms with Gasteiger partial charge < -0.3 is 16.0 Å². The molecule has 1 aliphatic heterocycles. The molecule has 6 nitrogen and oxygen atoms in total. The summed E-state index contributed by atoms with van der Waals surface area (Å²) in [6.07, 6.45) is -3.13. The average Bonchev–Trinajstić information content (AvgIpc) is 2.69. The number of nitrogen functional groups attached to an aromatic ring is 1. The first kappa shape index (κ1) is 20.6. The van der Waals surface area contributed by atoms with Gasteiger partial charge in [0.2, 0.25) is 0 Å². The molecule has 3 N–H and O–H groups in total. The first-order valence-electron chi connectivity index (χ1n) is 9.12. The summed E-state index contributed by atoms with van der Waals surface area (Å²) in [5, 5.41) is 2.40. The fourth-order valence-electron chi connectivity index (χ4n) is 3.45. The Balaban J connectivity index is 1.83. The molecular formula is C20H21F3N4O2. The van der Waals surface area contributed by atoms with Crippen LogP contribution in [-0.2, 0) is 9.59 Å². The van der Waals surface area contributed by atoms with Gasteiger partial charge in [-0.15, -0.1) is 0 Å². The van der Waals surface area contributed by atoms with E-state index in [0.717, 1.165) is 4.90 Å². The lowest BCUT2D eigenvalue weighted by Gasteiger charge is -2.40. The molecule has 1 fully saturated rings. The molecule has 0 spiro atoms. The van der Waals surface area contributed by atoms with E-state index in [1.807, 2.05) is 0 Å². The van der Waals surface area contributed by atoms with Crippen molar-refractivity contribution in [2.75, 3.05) is 17.6 Å². The van der Waals surface area contributed by atoms with Crippen LogP contribution in [0, 0.1) is 12.8 Å². The van der Waals surface area contributed by atoms with E-state index in [1.165, 1.54) is 12.3 Å². The summed E-state index contributed by atoms with van der Waals surface area (Å²) in [5.74, 6) is -3.41. The molecule has 0 aliphatic carbocycles. The van der Waals surface area contributed by atoms with Gasteiger partial charge in [0, 0.05) is 6.54 Å². The SMILES string of the molecule is Cc1cc(NC(=O)C(=O)N2C[C@H](C(F)(F)F)CC[C@H]2c2ccccc2)cnc1N. The maximum atomic E-state index is 13.3. The summed E-state index contributed by atoms with van der Waals surface area (Å²) in [5.41, 5.74) is 7.17. The molecule has 0 radical (unpaired) electrons. The number of carbonyl (C=O) groups is 2. The normalized spacial score (nSPS) is 19.7. The second-order valence-electron chi connectivity index (χ2n) is 7.08. The Bertz CT molecular complexity index is 902. The fraction of sp³-hybridized carbons (Fsp3) is 0.350. The number of rotatable bonds is 2. The maximum Gasteiger partial charge on any atom is 0.393 e. The average molecular weight is 406 g/mol. The molecule has 2 heterocycles. The number of nitrogens with two attached hydrogens (primary N) is 1. The molecule has 29 heavy (non-hydrogen) atoms. The van der Waals surface area contributed by atoms with Gasteiger partial charge in [0.05, 0.1) is 23.8 Å². The van der Waals surface area contributed by atoms with Crippen LogP contribution in [0.2, 0.25) is 0 Å². The zero-order valence-electron chi connectivity index (χ0n) is 15.7. The first-order valence-corrected chi connectivity index (χ1v) is 9.12. The van der Waals surface area contributed by atoms with Crippen LogP contribution in [0.3, 0.4) is 0 Å². The number of alkyl halides is 3. The summed E-state index contributed by atoms with van der Waals surface area (Å²) in [4.78, 5) is 30.2. The van der Waals surface area contributed by atoms with Crippen LogP contribution < -0.4 is 11.1 Å². The molecule has 0 unspecified atom stereocenters. The van der Waals surface area contributed by atoms with Gasteiger partial charge >= 0.3 is 18.0 Å². The van der Waals surface area contributed by atoms with E-state index in [4.69, 9.17) is 5.73 Å². The zero-order valence-corrected chi connectivity index (χ0v) is 15.7. The molecule has 9 heteroatoms. The number of halogens is 3. The van der Waals surface area contributed by atoms with Gasteiger partial charge in [-0.3, -0.25) is 9.59 Å². The number of aryl methyl sites for hydroxylation is 1. The Morgan fingerprint density at radius 1 is 1.21 bits per heavy atom.